The van der Waals surface area contributed by atoms with E-state index >= 15 is 0 Å². The molecule has 0 radical (unpaired) electrons. The second-order valence-electron chi connectivity index (χ2n) is 8.46. The van der Waals surface area contributed by atoms with Crippen molar-refractivity contribution in [1.29, 1.82) is 0 Å². The minimum atomic E-state index is -1.33. The Hall–Kier alpha value is -3.77. The van der Waals surface area contributed by atoms with Crippen molar-refractivity contribution in [2.24, 2.45) is 5.16 Å². The molecule has 0 saturated heterocycles. The third kappa shape index (κ3) is 3.03. The van der Waals surface area contributed by atoms with Crippen molar-refractivity contribution in [1.82, 2.24) is 4.57 Å². The number of benzene rings is 3. The number of ketones is 1. The molecular weight excluding hydrogens is 404 g/mol. The number of hydrogen-bond acceptors (Lipinski definition) is 5. The standard InChI is InChI=1S/C26H22N2O4/c1-15-7-4-5-8-18(15)24(30)17-11-12-22-21(13-17)19-9-6-10-20-23(19)28(22)14-26(3,31)25(20)27-32-16(2)29/h4-13,31H,14H2,1-3H3/b27-25-. The van der Waals surface area contributed by atoms with Gasteiger partial charge in [-0.3, -0.25) is 4.79 Å². The van der Waals surface area contributed by atoms with E-state index in [1.165, 1.54) is 6.92 Å². The van der Waals surface area contributed by atoms with E-state index in [0.29, 0.717) is 22.4 Å². The predicted molar refractivity (Wildman–Crippen MR) is 123 cm³/mol. The molecule has 1 aliphatic heterocycles. The number of nitrogens with zero attached hydrogens (tertiary/aromatic N) is 2. The summed E-state index contributed by atoms with van der Waals surface area (Å²) in [6.07, 6.45) is 0. The van der Waals surface area contributed by atoms with Crippen LogP contribution in [0.2, 0.25) is 0 Å². The molecule has 0 aliphatic carbocycles. The Kier molecular flexibility index (Phi) is 4.50. The molecule has 2 heterocycles. The Labute approximate surface area is 184 Å². The lowest BCUT2D eigenvalue weighted by molar-refractivity contribution is -0.141. The quantitative estimate of drug-likeness (QED) is 0.300. The maximum Gasteiger partial charge on any atom is 0.331 e. The van der Waals surface area contributed by atoms with E-state index in [2.05, 4.69) is 5.16 Å². The van der Waals surface area contributed by atoms with E-state index in [9.17, 15) is 14.7 Å². The van der Waals surface area contributed by atoms with Crippen molar-refractivity contribution in [2.45, 2.75) is 32.9 Å². The molecule has 1 unspecified atom stereocenters. The van der Waals surface area contributed by atoms with Crippen LogP contribution in [0.25, 0.3) is 21.8 Å². The van der Waals surface area contributed by atoms with Crippen molar-refractivity contribution in [3.63, 3.8) is 0 Å². The van der Waals surface area contributed by atoms with Crippen molar-refractivity contribution in [3.8, 4) is 0 Å². The average Bonchev–Trinajstić information content (AvgIpc) is 3.06. The Bertz CT molecular complexity index is 1460. The van der Waals surface area contributed by atoms with Gasteiger partial charge in [-0.25, -0.2) is 4.79 Å². The first-order valence-corrected chi connectivity index (χ1v) is 10.4. The summed E-state index contributed by atoms with van der Waals surface area (Å²) in [6, 6.07) is 18.9. The zero-order chi connectivity index (χ0) is 22.6. The minimum Gasteiger partial charge on any atom is -0.382 e. The summed E-state index contributed by atoms with van der Waals surface area (Å²) in [5, 5.41) is 17.0. The highest BCUT2D eigenvalue weighted by molar-refractivity contribution is 6.22. The number of para-hydroxylation sites is 1. The Morgan fingerprint density at radius 3 is 2.59 bits per heavy atom. The third-order valence-electron chi connectivity index (χ3n) is 6.03. The zero-order valence-corrected chi connectivity index (χ0v) is 18.0. The van der Waals surface area contributed by atoms with E-state index in [0.717, 1.165) is 27.4 Å². The molecule has 1 aliphatic rings. The first-order chi connectivity index (χ1) is 15.3. The number of carbonyl (C=O) groups excluding carboxylic acids is 2. The first-order valence-electron chi connectivity index (χ1n) is 10.4. The zero-order valence-electron chi connectivity index (χ0n) is 18.0. The topological polar surface area (TPSA) is 80.9 Å². The Morgan fingerprint density at radius 2 is 1.84 bits per heavy atom. The summed E-state index contributed by atoms with van der Waals surface area (Å²) in [5.74, 6) is -0.577. The molecule has 0 amide bonds. The van der Waals surface area contributed by atoms with Gasteiger partial charge in [0.05, 0.1) is 12.1 Å². The lowest BCUT2D eigenvalue weighted by Crippen LogP contribution is -2.43. The van der Waals surface area contributed by atoms with Crippen molar-refractivity contribution in [2.75, 3.05) is 0 Å². The van der Waals surface area contributed by atoms with Gasteiger partial charge in [0.25, 0.3) is 0 Å². The van der Waals surface area contributed by atoms with Gasteiger partial charge < -0.3 is 14.5 Å². The minimum absolute atomic E-state index is 0.0268. The second kappa shape index (κ2) is 7.14. The SMILES string of the molecule is CC(=O)O/N=C1/c2cccc3c4cc(C(=O)c5ccccc5C)ccc4n(c23)CC1(C)O. The van der Waals surface area contributed by atoms with E-state index in [4.69, 9.17) is 4.84 Å². The second-order valence-corrected chi connectivity index (χ2v) is 8.46. The fourth-order valence-corrected chi connectivity index (χ4v) is 4.57. The normalized spacial score (nSPS) is 18.9. The summed E-state index contributed by atoms with van der Waals surface area (Å²) in [7, 11) is 0. The highest BCUT2D eigenvalue weighted by atomic mass is 16.7. The smallest absolute Gasteiger partial charge is 0.331 e. The van der Waals surface area contributed by atoms with Gasteiger partial charge in [-0.1, -0.05) is 47.6 Å². The van der Waals surface area contributed by atoms with Gasteiger partial charge >= 0.3 is 5.97 Å². The number of carbonyl (C=O) groups is 2. The Morgan fingerprint density at radius 1 is 1.06 bits per heavy atom. The van der Waals surface area contributed by atoms with Crippen LogP contribution in [0.15, 0.2) is 65.8 Å². The first kappa shape index (κ1) is 20.2. The molecule has 1 aromatic heterocycles. The monoisotopic (exact) mass is 426 g/mol. The predicted octanol–water partition coefficient (Wildman–Crippen LogP) is 4.37. The molecular formula is C26H22N2O4. The molecule has 6 nitrogen and oxygen atoms in total. The largest absolute Gasteiger partial charge is 0.382 e. The molecule has 0 spiro atoms. The van der Waals surface area contributed by atoms with Crippen LogP contribution < -0.4 is 0 Å². The average molecular weight is 426 g/mol. The number of aliphatic hydroxyl groups is 1. The van der Waals surface area contributed by atoms with Crippen LogP contribution >= 0.6 is 0 Å². The van der Waals surface area contributed by atoms with Gasteiger partial charge in [0.2, 0.25) is 0 Å². The van der Waals surface area contributed by atoms with E-state index in [-0.39, 0.29) is 12.3 Å². The number of aromatic nitrogens is 1. The van der Waals surface area contributed by atoms with Gasteiger partial charge in [0, 0.05) is 39.9 Å². The molecule has 4 aromatic rings. The number of hydrogen-bond donors (Lipinski definition) is 1. The summed E-state index contributed by atoms with van der Waals surface area (Å²) in [4.78, 5) is 29.4. The molecule has 160 valence electrons. The third-order valence-corrected chi connectivity index (χ3v) is 6.03. The van der Waals surface area contributed by atoms with Gasteiger partial charge in [0.1, 0.15) is 11.3 Å². The lowest BCUT2D eigenvalue weighted by Gasteiger charge is -2.31. The lowest BCUT2D eigenvalue weighted by atomic mass is 9.89. The van der Waals surface area contributed by atoms with Crippen molar-refractivity contribution >= 4 is 39.3 Å². The summed E-state index contributed by atoms with van der Waals surface area (Å²) in [6.45, 7) is 5.10. The van der Waals surface area contributed by atoms with Crippen molar-refractivity contribution in [3.05, 3.63) is 82.9 Å². The maximum absolute atomic E-state index is 13.2. The van der Waals surface area contributed by atoms with Crippen LogP contribution in [-0.4, -0.2) is 32.7 Å². The molecule has 0 saturated carbocycles. The molecule has 5 rings (SSSR count). The van der Waals surface area contributed by atoms with Crippen molar-refractivity contribution < 1.29 is 19.5 Å². The number of rotatable bonds is 3. The number of fused-ring (bicyclic) bond motifs is 3. The molecule has 1 atom stereocenters. The van der Waals surface area contributed by atoms with Crippen LogP contribution in [0, 0.1) is 6.92 Å². The molecule has 6 heteroatoms. The Balaban J connectivity index is 1.74. The number of aryl methyl sites for hydroxylation is 1. The molecule has 0 fully saturated rings. The molecule has 32 heavy (non-hydrogen) atoms. The fraction of sp³-hybridized carbons (Fsp3) is 0.192. The summed E-state index contributed by atoms with van der Waals surface area (Å²) >= 11 is 0. The van der Waals surface area contributed by atoms with Crippen LogP contribution in [0.3, 0.4) is 0 Å². The van der Waals surface area contributed by atoms with Gasteiger partial charge in [-0.15, -0.1) is 0 Å². The number of oxime groups is 1. The van der Waals surface area contributed by atoms with Crippen LogP contribution in [-0.2, 0) is 16.2 Å². The van der Waals surface area contributed by atoms with Crippen LogP contribution in [0.5, 0.6) is 0 Å². The molecule has 0 bridgehead atoms. The summed E-state index contributed by atoms with van der Waals surface area (Å²) < 4.78 is 2.04. The highest BCUT2D eigenvalue weighted by Crippen LogP contribution is 2.38. The van der Waals surface area contributed by atoms with Gasteiger partial charge in [-0.05, 0) is 37.6 Å². The highest BCUT2D eigenvalue weighted by Gasteiger charge is 2.38. The molecule has 1 N–H and O–H groups in total. The van der Waals surface area contributed by atoms with Crippen LogP contribution in [0.4, 0.5) is 0 Å². The fourth-order valence-electron chi connectivity index (χ4n) is 4.57. The van der Waals surface area contributed by atoms with Gasteiger partial charge in [0.15, 0.2) is 5.78 Å². The van der Waals surface area contributed by atoms with E-state index < -0.39 is 11.6 Å². The van der Waals surface area contributed by atoms with Gasteiger partial charge in [-0.2, -0.15) is 0 Å². The summed E-state index contributed by atoms with van der Waals surface area (Å²) in [5.41, 5.74) is 3.70. The van der Waals surface area contributed by atoms with E-state index in [1.807, 2.05) is 72.2 Å². The maximum atomic E-state index is 13.2. The van der Waals surface area contributed by atoms with Crippen LogP contribution in [0.1, 0.15) is 40.9 Å². The molecule has 3 aromatic carbocycles. The van der Waals surface area contributed by atoms with E-state index in [1.54, 1.807) is 6.92 Å².